The third-order valence-electron chi connectivity index (χ3n) is 4.71. The molecule has 1 aliphatic rings. The molecule has 1 aromatic heterocycles. The van der Waals surface area contributed by atoms with Crippen LogP contribution < -0.4 is 10.1 Å². The van der Waals surface area contributed by atoms with Gasteiger partial charge < -0.3 is 4.74 Å². The highest BCUT2D eigenvalue weighted by Crippen LogP contribution is 2.21. The third kappa shape index (κ3) is 5.52. The maximum absolute atomic E-state index is 12.3. The van der Waals surface area contributed by atoms with Gasteiger partial charge in [0.1, 0.15) is 5.75 Å². The van der Waals surface area contributed by atoms with Crippen LogP contribution in [0.4, 0.5) is 5.13 Å². The molecule has 1 amide bonds. The Balaban J connectivity index is 1.50. The van der Waals surface area contributed by atoms with Crippen LogP contribution in [0.25, 0.3) is 0 Å². The lowest BCUT2D eigenvalue weighted by Crippen LogP contribution is -2.32. The predicted octanol–water partition coefficient (Wildman–Crippen LogP) is 3.65. The number of nitrogens with zero attached hydrogens (tertiary/aromatic N) is 3. The second-order valence-corrected chi connectivity index (χ2v) is 7.85. The first-order valence-corrected chi connectivity index (χ1v) is 10.1. The zero-order valence-corrected chi connectivity index (χ0v) is 16.5. The number of carbonyl (C=O) groups is 1. The largest absolute Gasteiger partial charge is 0.481 e. The molecule has 1 fully saturated rings. The standard InChI is InChI=1S/C20H24N4O2S/c1-14-7-9-24(10-8-14)12-17-13-27-20(22-17)23-19(25)15(2)26-18-5-3-16(11-21)4-6-18/h3-6,13-15H,7-10,12H2,1-2H3,(H,22,23,25)/t15-/m0/s1. The maximum atomic E-state index is 12.3. The molecule has 6 nitrogen and oxygen atoms in total. The summed E-state index contributed by atoms with van der Waals surface area (Å²) in [5, 5.41) is 14.2. The Morgan fingerprint density at radius 2 is 2.11 bits per heavy atom. The Kier molecular flexibility index (Phi) is 6.43. The Morgan fingerprint density at radius 1 is 1.41 bits per heavy atom. The van der Waals surface area contributed by atoms with E-state index in [2.05, 4.69) is 28.2 Å². The summed E-state index contributed by atoms with van der Waals surface area (Å²) >= 11 is 1.43. The summed E-state index contributed by atoms with van der Waals surface area (Å²) in [5.74, 6) is 1.12. The molecule has 2 heterocycles. The number of carbonyl (C=O) groups excluding carboxylic acids is 1. The van der Waals surface area contributed by atoms with Gasteiger partial charge in [0.25, 0.3) is 5.91 Å². The molecular formula is C20H24N4O2S. The summed E-state index contributed by atoms with van der Waals surface area (Å²) in [5.41, 5.74) is 1.54. The highest BCUT2D eigenvalue weighted by atomic mass is 32.1. The molecule has 1 N–H and O–H groups in total. The lowest BCUT2D eigenvalue weighted by atomic mass is 9.99. The molecule has 1 aliphatic heterocycles. The fourth-order valence-electron chi connectivity index (χ4n) is 2.96. The first-order chi connectivity index (χ1) is 13.0. The van der Waals surface area contributed by atoms with Gasteiger partial charge in [-0.05, 0) is 63.0 Å². The predicted molar refractivity (Wildman–Crippen MR) is 106 cm³/mol. The Hall–Kier alpha value is -2.43. The molecule has 1 atom stereocenters. The van der Waals surface area contributed by atoms with Crippen molar-refractivity contribution >= 4 is 22.4 Å². The maximum Gasteiger partial charge on any atom is 0.266 e. The van der Waals surface area contributed by atoms with Gasteiger partial charge in [-0.25, -0.2) is 4.98 Å². The summed E-state index contributed by atoms with van der Waals surface area (Å²) in [6, 6.07) is 8.74. The summed E-state index contributed by atoms with van der Waals surface area (Å²) in [7, 11) is 0. The van der Waals surface area contributed by atoms with Crippen LogP contribution in [0, 0.1) is 17.2 Å². The first-order valence-electron chi connectivity index (χ1n) is 9.18. The SMILES string of the molecule is CC1CCN(Cc2csc(NC(=O)[C@H](C)Oc3ccc(C#N)cc3)n2)CC1. The number of rotatable bonds is 6. The number of nitrogens with one attached hydrogen (secondary N) is 1. The number of anilines is 1. The second-order valence-electron chi connectivity index (χ2n) is 6.99. The Labute approximate surface area is 163 Å². The topological polar surface area (TPSA) is 78.3 Å². The van der Waals surface area contributed by atoms with Crippen LogP contribution >= 0.6 is 11.3 Å². The van der Waals surface area contributed by atoms with Crippen molar-refractivity contribution < 1.29 is 9.53 Å². The normalized spacial score (nSPS) is 16.5. The zero-order chi connectivity index (χ0) is 19.2. The first kappa shape index (κ1) is 19.3. The second kappa shape index (κ2) is 8.98. The van der Waals surface area contributed by atoms with E-state index >= 15 is 0 Å². The van der Waals surface area contributed by atoms with Gasteiger partial charge in [0, 0.05) is 11.9 Å². The average molecular weight is 385 g/mol. The molecule has 3 rings (SSSR count). The van der Waals surface area contributed by atoms with Gasteiger partial charge in [0.05, 0.1) is 17.3 Å². The van der Waals surface area contributed by atoms with E-state index in [1.54, 1.807) is 31.2 Å². The van der Waals surface area contributed by atoms with Crippen molar-refractivity contribution in [2.24, 2.45) is 5.92 Å². The van der Waals surface area contributed by atoms with Gasteiger partial charge in [-0.15, -0.1) is 11.3 Å². The number of ether oxygens (including phenoxy) is 1. The van der Waals surface area contributed by atoms with E-state index in [-0.39, 0.29) is 5.91 Å². The van der Waals surface area contributed by atoms with Gasteiger partial charge in [-0.2, -0.15) is 5.26 Å². The molecule has 1 aromatic carbocycles. The number of amides is 1. The van der Waals surface area contributed by atoms with Crippen LogP contribution in [-0.4, -0.2) is 35.0 Å². The highest BCUT2D eigenvalue weighted by molar-refractivity contribution is 7.13. The molecule has 0 aliphatic carbocycles. The lowest BCUT2D eigenvalue weighted by molar-refractivity contribution is -0.122. The van der Waals surface area contributed by atoms with Crippen molar-refractivity contribution in [3.8, 4) is 11.8 Å². The molecule has 27 heavy (non-hydrogen) atoms. The molecule has 142 valence electrons. The van der Waals surface area contributed by atoms with E-state index < -0.39 is 6.10 Å². The van der Waals surface area contributed by atoms with Crippen LogP contribution in [-0.2, 0) is 11.3 Å². The number of nitriles is 1. The smallest absolute Gasteiger partial charge is 0.266 e. The number of likely N-dealkylation sites (tertiary alicyclic amines) is 1. The monoisotopic (exact) mass is 384 g/mol. The van der Waals surface area contributed by atoms with Crippen LogP contribution in [0.15, 0.2) is 29.6 Å². The molecule has 0 saturated carbocycles. The number of hydrogen-bond donors (Lipinski definition) is 1. The van der Waals surface area contributed by atoms with Crippen molar-refractivity contribution in [1.82, 2.24) is 9.88 Å². The van der Waals surface area contributed by atoms with Gasteiger partial charge in [-0.3, -0.25) is 15.0 Å². The van der Waals surface area contributed by atoms with Crippen LogP contribution in [0.3, 0.4) is 0 Å². The minimum atomic E-state index is -0.658. The van der Waals surface area contributed by atoms with Crippen LogP contribution in [0.5, 0.6) is 5.75 Å². The van der Waals surface area contributed by atoms with Gasteiger partial charge in [0.15, 0.2) is 11.2 Å². The van der Waals surface area contributed by atoms with Crippen molar-refractivity contribution in [2.45, 2.75) is 39.3 Å². The van der Waals surface area contributed by atoms with Crippen LogP contribution in [0.1, 0.15) is 37.9 Å². The molecule has 0 bridgehead atoms. The summed E-state index contributed by atoms with van der Waals surface area (Å²) in [6.45, 7) is 7.04. The minimum Gasteiger partial charge on any atom is -0.481 e. The fraction of sp³-hybridized carbons (Fsp3) is 0.450. The fourth-order valence-corrected chi connectivity index (χ4v) is 3.66. The summed E-state index contributed by atoms with van der Waals surface area (Å²) < 4.78 is 5.63. The van der Waals surface area contributed by atoms with Gasteiger partial charge in [0.2, 0.25) is 0 Å². The number of hydrogen-bond acceptors (Lipinski definition) is 6. The van der Waals surface area contributed by atoms with E-state index in [0.29, 0.717) is 16.4 Å². The Bertz CT molecular complexity index is 804. The van der Waals surface area contributed by atoms with Gasteiger partial charge in [-0.1, -0.05) is 6.92 Å². The zero-order valence-electron chi connectivity index (χ0n) is 15.6. The lowest BCUT2D eigenvalue weighted by Gasteiger charge is -2.29. The van der Waals surface area contributed by atoms with E-state index in [1.807, 2.05) is 5.38 Å². The molecule has 2 aromatic rings. The average Bonchev–Trinajstić information content (AvgIpc) is 3.11. The number of benzene rings is 1. The van der Waals surface area contributed by atoms with Crippen molar-refractivity contribution in [3.05, 3.63) is 40.9 Å². The van der Waals surface area contributed by atoms with E-state index in [4.69, 9.17) is 10.00 Å². The van der Waals surface area contributed by atoms with E-state index in [1.165, 1.54) is 24.2 Å². The van der Waals surface area contributed by atoms with Crippen molar-refractivity contribution in [3.63, 3.8) is 0 Å². The van der Waals surface area contributed by atoms with E-state index in [9.17, 15) is 4.79 Å². The minimum absolute atomic E-state index is 0.243. The number of piperidine rings is 1. The van der Waals surface area contributed by atoms with Crippen molar-refractivity contribution in [1.29, 1.82) is 5.26 Å². The Morgan fingerprint density at radius 3 is 2.78 bits per heavy atom. The highest BCUT2D eigenvalue weighted by Gasteiger charge is 2.19. The van der Waals surface area contributed by atoms with Gasteiger partial charge >= 0.3 is 0 Å². The molecule has 0 spiro atoms. The summed E-state index contributed by atoms with van der Waals surface area (Å²) in [4.78, 5) is 19.3. The molecule has 1 saturated heterocycles. The summed E-state index contributed by atoms with van der Waals surface area (Å²) in [6.07, 6.45) is 1.81. The number of aromatic nitrogens is 1. The number of thiazole rings is 1. The third-order valence-corrected chi connectivity index (χ3v) is 5.52. The molecule has 7 heteroatoms. The molecule has 0 radical (unpaired) electrons. The molecular weight excluding hydrogens is 360 g/mol. The molecule has 0 unspecified atom stereocenters. The van der Waals surface area contributed by atoms with Crippen molar-refractivity contribution in [2.75, 3.05) is 18.4 Å². The quantitative estimate of drug-likeness (QED) is 0.822. The van der Waals surface area contributed by atoms with E-state index in [0.717, 1.165) is 31.2 Å². The van der Waals surface area contributed by atoms with Crippen LogP contribution in [0.2, 0.25) is 0 Å².